The van der Waals surface area contributed by atoms with Crippen molar-refractivity contribution in [1.82, 2.24) is 4.98 Å². The Bertz CT molecular complexity index is 464. The molecule has 1 fully saturated rings. The van der Waals surface area contributed by atoms with Crippen LogP contribution in [0.4, 0.5) is 5.82 Å². The van der Waals surface area contributed by atoms with Crippen LogP contribution in [0.15, 0.2) is 12.1 Å². The number of hydrogen-bond acceptors (Lipinski definition) is 3. The first-order chi connectivity index (χ1) is 9.56. The SMILES string of the molecule is CC(C)c1cc(C(=O)O)cc(NC2CCCCCC2)n1. The van der Waals surface area contributed by atoms with Crippen LogP contribution in [0.25, 0.3) is 0 Å². The smallest absolute Gasteiger partial charge is 0.335 e. The minimum atomic E-state index is -0.891. The largest absolute Gasteiger partial charge is 0.478 e. The predicted octanol–water partition coefficient (Wildman–Crippen LogP) is 4.04. The lowest BCUT2D eigenvalue weighted by atomic mass is 10.1. The number of aromatic nitrogens is 1. The number of anilines is 1. The summed E-state index contributed by atoms with van der Waals surface area (Å²) >= 11 is 0. The van der Waals surface area contributed by atoms with Crippen molar-refractivity contribution in [1.29, 1.82) is 0 Å². The van der Waals surface area contributed by atoms with Gasteiger partial charge < -0.3 is 10.4 Å². The van der Waals surface area contributed by atoms with Crippen molar-refractivity contribution in [2.75, 3.05) is 5.32 Å². The summed E-state index contributed by atoms with van der Waals surface area (Å²) < 4.78 is 0. The molecule has 2 rings (SSSR count). The molecule has 1 aliphatic rings. The van der Waals surface area contributed by atoms with E-state index < -0.39 is 5.97 Å². The molecule has 110 valence electrons. The van der Waals surface area contributed by atoms with Crippen molar-refractivity contribution in [3.05, 3.63) is 23.4 Å². The number of nitrogens with one attached hydrogen (secondary N) is 1. The fraction of sp³-hybridized carbons (Fsp3) is 0.625. The summed E-state index contributed by atoms with van der Waals surface area (Å²) in [5.74, 6) is 0.0442. The molecule has 0 unspecified atom stereocenters. The van der Waals surface area contributed by atoms with E-state index in [-0.39, 0.29) is 5.92 Å². The van der Waals surface area contributed by atoms with Crippen molar-refractivity contribution >= 4 is 11.8 Å². The molecule has 1 saturated carbocycles. The third kappa shape index (κ3) is 3.95. The third-order valence-electron chi connectivity index (χ3n) is 3.89. The van der Waals surface area contributed by atoms with E-state index in [0.717, 1.165) is 18.5 Å². The topological polar surface area (TPSA) is 62.2 Å². The first-order valence-corrected chi connectivity index (χ1v) is 7.58. The number of carbonyl (C=O) groups is 1. The Morgan fingerprint density at radius 1 is 1.25 bits per heavy atom. The second-order valence-corrected chi connectivity index (χ2v) is 5.96. The van der Waals surface area contributed by atoms with E-state index >= 15 is 0 Å². The van der Waals surface area contributed by atoms with Crippen LogP contribution in [0.5, 0.6) is 0 Å². The number of carboxylic acids is 1. The fourth-order valence-electron chi connectivity index (χ4n) is 2.68. The maximum Gasteiger partial charge on any atom is 0.335 e. The monoisotopic (exact) mass is 276 g/mol. The highest BCUT2D eigenvalue weighted by molar-refractivity contribution is 5.88. The molecule has 1 heterocycles. The summed E-state index contributed by atoms with van der Waals surface area (Å²) in [5.41, 5.74) is 1.15. The van der Waals surface area contributed by atoms with Gasteiger partial charge in [-0.25, -0.2) is 9.78 Å². The van der Waals surface area contributed by atoms with E-state index in [9.17, 15) is 9.90 Å². The molecule has 1 aliphatic carbocycles. The number of pyridine rings is 1. The molecule has 0 radical (unpaired) electrons. The Morgan fingerprint density at radius 2 is 1.90 bits per heavy atom. The van der Waals surface area contributed by atoms with E-state index in [1.54, 1.807) is 12.1 Å². The Hall–Kier alpha value is -1.58. The van der Waals surface area contributed by atoms with Gasteiger partial charge in [-0.2, -0.15) is 0 Å². The van der Waals surface area contributed by atoms with E-state index in [4.69, 9.17) is 0 Å². The van der Waals surface area contributed by atoms with Gasteiger partial charge in [-0.05, 0) is 30.9 Å². The highest BCUT2D eigenvalue weighted by atomic mass is 16.4. The van der Waals surface area contributed by atoms with Gasteiger partial charge in [-0.3, -0.25) is 0 Å². The summed E-state index contributed by atoms with van der Waals surface area (Å²) in [5, 5.41) is 12.6. The molecule has 0 aromatic carbocycles. The Kier molecular flexibility index (Phi) is 4.99. The quantitative estimate of drug-likeness (QED) is 0.815. The van der Waals surface area contributed by atoms with Crippen LogP contribution in [0.3, 0.4) is 0 Å². The van der Waals surface area contributed by atoms with Crippen LogP contribution in [0, 0.1) is 0 Å². The summed E-state index contributed by atoms with van der Waals surface area (Å²) in [7, 11) is 0. The molecule has 4 heteroatoms. The molecule has 0 aliphatic heterocycles. The van der Waals surface area contributed by atoms with Crippen LogP contribution in [0.2, 0.25) is 0 Å². The lowest BCUT2D eigenvalue weighted by Crippen LogP contribution is -2.20. The van der Waals surface area contributed by atoms with Crippen molar-refractivity contribution in [3.63, 3.8) is 0 Å². The number of carboxylic acid groups (broad SMARTS) is 1. The van der Waals surface area contributed by atoms with Crippen molar-refractivity contribution in [2.45, 2.75) is 64.3 Å². The normalized spacial score (nSPS) is 16.9. The molecule has 1 aromatic heterocycles. The lowest BCUT2D eigenvalue weighted by Gasteiger charge is -2.18. The van der Waals surface area contributed by atoms with Gasteiger partial charge in [0.1, 0.15) is 5.82 Å². The molecular weight excluding hydrogens is 252 g/mol. The molecule has 0 amide bonds. The Morgan fingerprint density at radius 3 is 2.45 bits per heavy atom. The number of nitrogens with zero attached hydrogens (tertiary/aromatic N) is 1. The maximum absolute atomic E-state index is 11.2. The van der Waals surface area contributed by atoms with E-state index in [1.807, 2.05) is 13.8 Å². The number of hydrogen-bond donors (Lipinski definition) is 2. The average Bonchev–Trinajstić information content (AvgIpc) is 2.67. The first-order valence-electron chi connectivity index (χ1n) is 7.58. The van der Waals surface area contributed by atoms with Crippen molar-refractivity contribution in [2.24, 2.45) is 0 Å². The Labute approximate surface area is 120 Å². The van der Waals surface area contributed by atoms with Gasteiger partial charge in [0.05, 0.1) is 5.56 Å². The second-order valence-electron chi connectivity index (χ2n) is 5.96. The van der Waals surface area contributed by atoms with E-state index in [0.29, 0.717) is 17.4 Å². The zero-order chi connectivity index (χ0) is 14.5. The number of rotatable bonds is 4. The molecule has 20 heavy (non-hydrogen) atoms. The fourth-order valence-corrected chi connectivity index (χ4v) is 2.68. The molecule has 0 saturated heterocycles. The first kappa shape index (κ1) is 14.8. The molecular formula is C16H24N2O2. The van der Waals surface area contributed by atoms with Gasteiger partial charge in [0, 0.05) is 11.7 Å². The minimum Gasteiger partial charge on any atom is -0.478 e. The van der Waals surface area contributed by atoms with Crippen LogP contribution in [0.1, 0.15) is 74.3 Å². The summed E-state index contributed by atoms with van der Waals surface area (Å²) in [4.78, 5) is 15.8. The van der Waals surface area contributed by atoms with Crippen LogP contribution in [-0.2, 0) is 0 Å². The molecule has 2 N–H and O–H groups in total. The molecule has 4 nitrogen and oxygen atoms in total. The zero-order valence-corrected chi connectivity index (χ0v) is 12.4. The number of aromatic carboxylic acids is 1. The van der Waals surface area contributed by atoms with Gasteiger partial charge in [-0.1, -0.05) is 39.5 Å². The minimum absolute atomic E-state index is 0.226. The van der Waals surface area contributed by atoms with Crippen molar-refractivity contribution in [3.8, 4) is 0 Å². The van der Waals surface area contributed by atoms with Gasteiger partial charge in [-0.15, -0.1) is 0 Å². The molecule has 0 bridgehead atoms. The van der Waals surface area contributed by atoms with Crippen molar-refractivity contribution < 1.29 is 9.90 Å². The van der Waals surface area contributed by atoms with Gasteiger partial charge in [0.25, 0.3) is 0 Å². The van der Waals surface area contributed by atoms with Gasteiger partial charge in [0.2, 0.25) is 0 Å². The summed E-state index contributed by atoms with van der Waals surface area (Å²) in [6, 6.07) is 3.75. The average molecular weight is 276 g/mol. The van der Waals surface area contributed by atoms with E-state index in [2.05, 4.69) is 10.3 Å². The van der Waals surface area contributed by atoms with Crippen LogP contribution in [-0.4, -0.2) is 22.1 Å². The molecule has 1 aromatic rings. The summed E-state index contributed by atoms with van der Waals surface area (Å²) in [6.45, 7) is 4.06. The highest BCUT2D eigenvalue weighted by Crippen LogP contribution is 2.23. The molecule has 0 spiro atoms. The highest BCUT2D eigenvalue weighted by Gasteiger charge is 2.15. The van der Waals surface area contributed by atoms with Crippen LogP contribution >= 0.6 is 0 Å². The van der Waals surface area contributed by atoms with Crippen LogP contribution < -0.4 is 5.32 Å². The van der Waals surface area contributed by atoms with E-state index in [1.165, 1.54) is 25.7 Å². The predicted molar refractivity (Wildman–Crippen MR) is 80.4 cm³/mol. The summed E-state index contributed by atoms with van der Waals surface area (Å²) in [6.07, 6.45) is 7.39. The molecule has 0 atom stereocenters. The van der Waals surface area contributed by atoms with Gasteiger partial charge >= 0.3 is 5.97 Å². The zero-order valence-electron chi connectivity index (χ0n) is 12.4. The Balaban J connectivity index is 2.18. The third-order valence-corrected chi connectivity index (χ3v) is 3.89. The lowest BCUT2D eigenvalue weighted by molar-refractivity contribution is 0.0696. The standard InChI is InChI=1S/C16H24N2O2/c1-11(2)14-9-12(16(19)20)10-15(18-14)17-13-7-5-3-4-6-8-13/h9-11,13H,3-8H2,1-2H3,(H,17,18)(H,19,20). The second kappa shape index (κ2) is 6.73. The maximum atomic E-state index is 11.2. The van der Waals surface area contributed by atoms with Gasteiger partial charge in [0.15, 0.2) is 0 Å².